The molecule has 0 aliphatic rings. The first-order chi connectivity index (χ1) is 19.6. The molecular weight excluding hydrogens is 578 g/mol. The van der Waals surface area contributed by atoms with E-state index in [4.69, 9.17) is 0 Å². The zero-order valence-corrected chi connectivity index (χ0v) is 23.8. The van der Waals surface area contributed by atoms with E-state index in [1.165, 1.54) is 47.0 Å². The summed E-state index contributed by atoms with van der Waals surface area (Å²) in [4.78, 5) is 25.8. The third-order valence-corrected chi connectivity index (χ3v) is 8.31. The molecule has 4 aromatic rings. The quantitative estimate of drug-likeness (QED) is 0.249. The molecule has 0 fully saturated rings. The van der Waals surface area contributed by atoms with Crippen molar-refractivity contribution >= 4 is 26.6 Å². The maximum absolute atomic E-state index is 14.7. The van der Waals surface area contributed by atoms with Crippen LogP contribution in [0.1, 0.15) is 39.2 Å². The summed E-state index contributed by atoms with van der Waals surface area (Å²) in [5.74, 6) is -1.00. The maximum Gasteiger partial charge on any atom is 0.421 e. The maximum atomic E-state index is 14.7. The van der Waals surface area contributed by atoms with E-state index in [2.05, 4.69) is 4.72 Å². The number of fused-ring (bicyclic) bond motifs is 1. The van der Waals surface area contributed by atoms with Crippen LogP contribution in [0.2, 0.25) is 0 Å². The molecule has 0 saturated carbocycles. The Labute approximate surface area is 238 Å². The number of hydrogen-bond acceptors (Lipinski definition) is 5. The van der Waals surface area contributed by atoms with E-state index < -0.39 is 44.4 Å². The smallest absolute Gasteiger partial charge is 0.376 e. The predicted octanol–water partition coefficient (Wildman–Crippen LogP) is 5.36. The normalized spacial score (nSPS) is 13.7. The number of benzene rings is 3. The van der Waals surface area contributed by atoms with Gasteiger partial charge in [-0.1, -0.05) is 38.1 Å². The van der Waals surface area contributed by atoms with Gasteiger partial charge in [0.05, 0.1) is 15.8 Å². The number of hydrogen-bond donors (Lipinski definition) is 2. The molecule has 0 saturated heterocycles. The van der Waals surface area contributed by atoms with Crippen LogP contribution in [-0.2, 0) is 28.7 Å². The lowest BCUT2D eigenvalue weighted by atomic mass is 9.93. The number of sulfonamides is 1. The summed E-state index contributed by atoms with van der Waals surface area (Å²) in [6.07, 6.45) is -3.85. The van der Waals surface area contributed by atoms with Crippen LogP contribution in [0.5, 0.6) is 0 Å². The van der Waals surface area contributed by atoms with Crippen LogP contribution in [0.25, 0.3) is 22.0 Å². The molecule has 1 atom stereocenters. The molecule has 8 nitrogen and oxygen atoms in total. The van der Waals surface area contributed by atoms with E-state index in [0.717, 1.165) is 16.7 Å². The standard InChI is InChI=1S/C29H29F4N3O5S/c1-4-14-35-25-13-11-21(17-23(25)26(37)36(15-5-2)27(35)38)42(40,41)34-20-9-6-18(7-10-20)22-12-8-19(16-24(22)30)28(3,39)29(31,32)33/h6-13,16-17,34,39H,4-5,14-15H2,1-3H3. The molecule has 1 unspecified atom stereocenters. The summed E-state index contributed by atoms with van der Waals surface area (Å²) >= 11 is 0. The molecule has 3 aromatic carbocycles. The van der Waals surface area contributed by atoms with Crippen molar-refractivity contribution in [2.45, 2.75) is 63.4 Å². The van der Waals surface area contributed by atoms with Crippen LogP contribution < -0.4 is 16.0 Å². The molecule has 1 heterocycles. The van der Waals surface area contributed by atoms with Gasteiger partial charge in [-0.25, -0.2) is 17.6 Å². The fourth-order valence-corrected chi connectivity index (χ4v) is 5.66. The molecule has 4 rings (SSSR count). The number of aromatic nitrogens is 2. The minimum atomic E-state index is -5.01. The molecule has 13 heteroatoms. The van der Waals surface area contributed by atoms with Gasteiger partial charge >= 0.3 is 11.9 Å². The van der Waals surface area contributed by atoms with Crippen molar-refractivity contribution in [3.05, 3.63) is 92.9 Å². The minimum Gasteiger partial charge on any atom is -0.376 e. The second-order valence-electron chi connectivity index (χ2n) is 10.0. The van der Waals surface area contributed by atoms with Gasteiger partial charge in [0.1, 0.15) is 5.82 Å². The van der Waals surface area contributed by atoms with Crippen molar-refractivity contribution in [2.75, 3.05) is 4.72 Å². The van der Waals surface area contributed by atoms with Crippen LogP contribution in [0.4, 0.5) is 23.2 Å². The Kier molecular flexibility index (Phi) is 8.38. The van der Waals surface area contributed by atoms with Crippen LogP contribution in [-0.4, -0.2) is 28.8 Å². The van der Waals surface area contributed by atoms with Crippen LogP contribution in [0.3, 0.4) is 0 Å². The minimum absolute atomic E-state index is 0.0536. The number of halogens is 4. The predicted molar refractivity (Wildman–Crippen MR) is 151 cm³/mol. The summed E-state index contributed by atoms with van der Waals surface area (Å²) in [5, 5.41) is 9.90. The first kappa shape index (κ1) is 31.0. The second-order valence-corrected chi connectivity index (χ2v) is 11.7. The first-order valence-corrected chi connectivity index (χ1v) is 14.6. The SMILES string of the molecule is CCCn1c(=O)c2cc(S(=O)(=O)Nc3ccc(-c4ccc(C(C)(O)C(F)(F)F)cc4F)cc3)ccc2n(CCC)c1=O. The Morgan fingerprint density at radius 2 is 1.50 bits per heavy atom. The number of rotatable bonds is 9. The highest BCUT2D eigenvalue weighted by Crippen LogP contribution is 2.39. The van der Waals surface area contributed by atoms with Gasteiger partial charge in [0.2, 0.25) is 0 Å². The molecule has 0 spiro atoms. The Bertz CT molecular complexity index is 1860. The summed E-state index contributed by atoms with van der Waals surface area (Å²) in [6, 6.07) is 12.1. The number of alkyl halides is 3. The fourth-order valence-electron chi connectivity index (χ4n) is 4.58. The topological polar surface area (TPSA) is 110 Å². The Morgan fingerprint density at radius 1 is 0.881 bits per heavy atom. The fraction of sp³-hybridized carbons (Fsp3) is 0.310. The van der Waals surface area contributed by atoms with E-state index in [0.29, 0.717) is 37.9 Å². The summed E-state index contributed by atoms with van der Waals surface area (Å²) in [6.45, 7) is 4.76. The third-order valence-electron chi connectivity index (χ3n) is 6.93. The van der Waals surface area contributed by atoms with E-state index in [1.807, 2.05) is 13.8 Å². The van der Waals surface area contributed by atoms with Crippen molar-refractivity contribution in [2.24, 2.45) is 0 Å². The van der Waals surface area contributed by atoms with Gasteiger partial charge in [0, 0.05) is 24.3 Å². The molecule has 2 N–H and O–H groups in total. The number of aryl methyl sites for hydroxylation is 1. The van der Waals surface area contributed by atoms with E-state index >= 15 is 0 Å². The van der Waals surface area contributed by atoms with E-state index in [-0.39, 0.29) is 33.6 Å². The highest BCUT2D eigenvalue weighted by atomic mass is 32.2. The molecule has 42 heavy (non-hydrogen) atoms. The number of aliphatic hydroxyl groups is 1. The van der Waals surface area contributed by atoms with Gasteiger partial charge in [-0.15, -0.1) is 0 Å². The zero-order chi connectivity index (χ0) is 31.0. The molecule has 0 aliphatic heterocycles. The largest absolute Gasteiger partial charge is 0.421 e. The van der Waals surface area contributed by atoms with Crippen LogP contribution in [0.15, 0.2) is 75.1 Å². The molecule has 1 aromatic heterocycles. The monoisotopic (exact) mass is 607 g/mol. The Morgan fingerprint density at radius 3 is 2.07 bits per heavy atom. The average molecular weight is 608 g/mol. The van der Waals surface area contributed by atoms with Crippen LogP contribution >= 0.6 is 0 Å². The van der Waals surface area contributed by atoms with Crippen molar-refractivity contribution in [1.29, 1.82) is 0 Å². The number of anilines is 1. The zero-order valence-electron chi connectivity index (χ0n) is 23.0. The Hall–Kier alpha value is -3.97. The molecule has 0 aliphatic carbocycles. The van der Waals surface area contributed by atoms with Crippen LogP contribution in [0, 0.1) is 5.82 Å². The van der Waals surface area contributed by atoms with Gasteiger partial charge < -0.3 is 5.11 Å². The molecular formula is C29H29F4N3O5S. The van der Waals surface area contributed by atoms with Crippen molar-refractivity contribution < 1.29 is 31.1 Å². The lowest BCUT2D eigenvalue weighted by Gasteiger charge is -2.27. The van der Waals surface area contributed by atoms with E-state index in [9.17, 15) is 40.7 Å². The second kappa shape index (κ2) is 11.4. The molecule has 0 amide bonds. The van der Waals surface area contributed by atoms with Crippen molar-refractivity contribution in [3.8, 4) is 11.1 Å². The van der Waals surface area contributed by atoms with Gasteiger partial charge in [-0.05, 0) is 67.3 Å². The molecule has 224 valence electrons. The van der Waals surface area contributed by atoms with Crippen molar-refractivity contribution in [3.63, 3.8) is 0 Å². The lowest BCUT2D eigenvalue weighted by molar-refractivity contribution is -0.258. The highest BCUT2D eigenvalue weighted by molar-refractivity contribution is 7.92. The van der Waals surface area contributed by atoms with Gasteiger partial charge in [0.15, 0.2) is 5.60 Å². The van der Waals surface area contributed by atoms with E-state index in [1.54, 1.807) is 0 Å². The summed E-state index contributed by atoms with van der Waals surface area (Å²) in [5.41, 5.74) is -4.32. The summed E-state index contributed by atoms with van der Waals surface area (Å²) < 4.78 is 85.5. The first-order valence-electron chi connectivity index (χ1n) is 13.1. The molecule has 0 radical (unpaired) electrons. The average Bonchev–Trinajstić information content (AvgIpc) is 2.93. The van der Waals surface area contributed by atoms with Crippen molar-refractivity contribution in [1.82, 2.24) is 9.13 Å². The number of nitrogens with one attached hydrogen (secondary N) is 1. The number of nitrogens with zero attached hydrogens (tertiary/aromatic N) is 2. The van der Waals surface area contributed by atoms with Gasteiger partial charge in [-0.2, -0.15) is 13.2 Å². The highest BCUT2D eigenvalue weighted by Gasteiger charge is 2.51. The van der Waals surface area contributed by atoms with Gasteiger partial charge in [0.25, 0.3) is 15.6 Å². The molecule has 0 bridgehead atoms. The Balaban J connectivity index is 1.65. The third kappa shape index (κ3) is 5.71. The lowest BCUT2D eigenvalue weighted by Crippen LogP contribution is -2.40. The van der Waals surface area contributed by atoms with Gasteiger partial charge in [-0.3, -0.25) is 18.7 Å². The summed E-state index contributed by atoms with van der Waals surface area (Å²) in [7, 11) is -4.20.